The minimum Gasteiger partial charge on any atom is -0.350 e. The molecule has 1 aromatic heterocycles. The molecule has 2 aromatic carbocycles. The van der Waals surface area contributed by atoms with Crippen molar-refractivity contribution in [3.05, 3.63) is 78.1 Å². The van der Waals surface area contributed by atoms with Crippen LogP contribution in [0.15, 0.2) is 67.0 Å². The smallest absolute Gasteiger partial charge is 0.251 e. The first kappa shape index (κ1) is 18.6. The summed E-state index contributed by atoms with van der Waals surface area (Å²) in [6.07, 6.45) is 4.48. The molecule has 0 spiro atoms. The van der Waals surface area contributed by atoms with Crippen molar-refractivity contribution < 1.29 is 4.79 Å². The van der Waals surface area contributed by atoms with Crippen LogP contribution in [0.4, 0.5) is 5.95 Å². The van der Waals surface area contributed by atoms with Gasteiger partial charge in [-0.15, -0.1) is 0 Å². The zero-order valence-corrected chi connectivity index (χ0v) is 15.6. The van der Waals surface area contributed by atoms with Crippen LogP contribution in [0.1, 0.15) is 36.2 Å². The summed E-state index contributed by atoms with van der Waals surface area (Å²) in [5.74, 6) is 0.541. The molecule has 5 nitrogen and oxygen atoms in total. The number of aromatic nitrogens is 2. The Labute approximate surface area is 159 Å². The fourth-order valence-corrected chi connectivity index (χ4v) is 2.57. The Balaban J connectivity index is 1.62. The van der Waals surface area contributed by atoms with Gasteiger partial charge in [0.15, 0.2) is 0 Å². The molecule has 0 aliphatic heterocycles. The van der Waals surface area contributed by atoms with Crippen LogP contribution in [0, 0.1) is 0 Å². The monoisotopic (exact) mass is 360 g/mol. The van der Waals surface area contributed by atoms with Crippen LogP contribution in [-0.4, -0.2) is 21.9 Å². The molecule has 1 heterocycles. The molecule has 0 radical (unpaired) electrons. The van der Waals surface area contributed by atoms with Gasteiger partial charge in [0.1, 0.15) is 0 Å². The molecular weight excluding hydrogens is 336 g/mol. The third-order valence-corrected chi connectivity index (χ3v) is 4.42. The fourth-order valence-electron chi connectivity index (χ4n) is 2.57. The maximum atomic E-state index is 12.2. The second-order valence-corrected chi connectivity index (χ2v) is 6.49. The summed E-state index contributed by atoms with van der Waals surface area (Å²) in [7, 11) is 0. The molecule has 2 N–H and O–H groups in total. The summed E-state index contributed by atoms with van der Waals surface area (Å²) >= 11 is 0. The van der Waals surface area contributed by atoms with Gasteiger partial charge in [0.2, 0.25) is 5.95 Å². The van der Waals surface area contributed by atoms with Gasteiger partial charge in [-0.05, 0) is 36.6 Å². The van der Waals surface area contributed by atoms with E-state index in [1.54, 1.807) is 12.4 Å². The average Bonchev–Trinajstić information content (AvgIpc) is 2.73. The summed E-state index contributed by atoms with van der Waals surface area (Å²) < 4.78 is 0. The maximum absolute atomic E-state index is 12.2. The Morgan fingerprint density at radius 1 is 0.963 bits per heavy atom. The molecule has 0 aliphatic carbocycles. The molecule has 0 bridgehead atoms. The van der Waals surface area contributed by atoms with Crippen molar-refractivity contribution in [3.8, 4) is 11.1 Å². The molecule has 138 valence electrons. The van der Waals surface area contributed by atoms with Crippen molar-refractivity contribution in [2.75, 3.05) is 5.32 Å². The van der Waals surface area contributed by atoms with Gasteiger partial charge >= 0.3 is 0 Å². The molecule has 27 heavy (non-hydrogen) atoms. The molecular formula is C22H24N4O. The highest BCUT2D eigenvalue weighted by molar-refractivity contribution is 5.94. The van der Waals surface area contributed by atoms with Crippen LogP contribution in [0.5, 0.6) is 0 Å². The van der Waals surface area contributed by atoms with Crippen molar-refractivity contribution >= 4 is 11.9 Å². The highest BCUT2D eigenvalue weighted by Crippen LogP contribution is 2.19. The summed E-state index contributed by atoms with van der Waals surface area (Å²) in [6.45, 7) is 4.73. The van der Waals surface area contributed by atoms with Gasteiger partial charge in [0.25, 0.3) is 5.91 Å². The number of hydrogen-bond acceptors (Lipinski definition) is 4. The number of benzene rings is 2. The van der Waals surface area contributed by atoms with E-state index in [-0.39, 0.29) is 11.9 Å². The maximum Gasteiger partial charge on any atom is 0.251 e. The minimum atomic E-state index is -0.0485. The lowest BCUT2D eigenvalue weighted by Crippen LogP contribution is -2.31. The SMILES string of the molecule is CCC(C)NC(=O)c1ccc(-c2cnc(NCc3ccccc3)nc2)cc1. The van der Waals surface area contributed by atoms with E-state index in [2.05, 4.69) is 32.7 Å². The van der Waals surface area contributed by atoms with E-state index in [4.69, 9.17) is 0 Å². The quantitative estimate of drug-likeness (QED) is 0.660. The third-order valence-electron chi connectivity index (χ3n) is 4.42. The number of nitrogens with one attached hydrogen (secondary N) is 2. The lowest BCUT2D eigenvalue weighted by Gasteiger charge is -2.11. The highest BCUT2D eigenvalue weighted by atomic mass is 16.1. The molecule has 3 rings (SSSR count). The van der Waals surface area contributed by atoms with Crippen LogP contribution in [-0.2, 0) is 6.54 Å². The summed E-state index contributed by atoms with van der Waals surface area (Å²) in [4.78, 5) is 20.9. The van der Waals surface area contributed by atoms with Crippen molar-refractivity contribution in [1.82, 2.24) is 15.3 Å². The number of hydrogen-bond donors (Lipinski definition) is 2. The summed E-state index contributed by atoms with van der Waals surface area (Å²) in [5, 5.41) is 6.18. The van der Waals surface area contributed by atoms with E-state index in [1.807, 2.05) is 56.3 Å². The highest BCUT2D eigenvalue weighted by Gasteiger charge is 2.09. The molecule has 0 saturated carbocycles. The first-order valence-corrected chi connectivity index (χ1v) is 9.17. The van der Waals surface area contributed by atoms with Gasteiger partial charge in [-0.1, -0.05) is 49.4 Å². The molecule has 0 fully saturated rings. The Bertz CT molecular complexity index is 861. The molecule has 0 aliphatic rings. The van der Waals surface area contributed by atoms with Crippen molar-refractivity contribution in [1.29, 1.82) is 0 Å². The van der Waals surface area contributed by atoms with Crippen molar-refractivity contribution in [2.45, 2.75) is 32.9 Å². The van der Waals surface area contributed by atoms with E-state index < -0.39 is 0 Å². The Morgan fingerprint density at radius 2 is 1.63 bits per heavy atom. The molecule has 3 aromatic rings. The standard InChI is InChI=1S/C22H24N4O/c1-3-16(2)26-21(27)19-11-9-18(10-12-19)20-14-24-22(25-15-20)23-13-17-7-5-4-6-8-17/h4-12,14-16H,3,13H2,1-2H3,(H,26,27)(H,23,24,25). The third kappa shape index (κ3) is 5.14. The van der Waals surface area contributed by atoms with E-state index in [0.29, 0.717) is 18.1 Å². The molecule has 5 heteroatoms. The molecule has 1 unspecified atom stereocenters. The first-order chi connectivity index (χ1) is 13.2. The minimum absolute atomic E-state index is 0.0485. The molecule has 1 atom stereocenters. The number of carbonyl (C=O) groups excluding carboxylic acids is 1. The number of anilines is 1. The van der Waals surface area contributed by atoms with Crippen LogP contribution < -0.4 is 10.6 Å². The summed E-state index contributed by atoms with van der Waals surface area (Å²) in [5.41, 5.74) is 3.72. The fraction of sp³-hybridized carbons (Fsp3) is 0.227. The van der Waals surface area contributed by atoms with Gasteiger partial charge in [0.05, 0.1) is 0 Å². The average molecular weight is 360 g/mol. The zero-order chi connectivity index (χ0) is 19.1. The van der Waals surface area contributed by atoms with Gasteiger partial charge in [-0.3, -0.25) is 4.79 Å². The Hall–Kier alpha value is -3.21. The predicted molar refractivity (Wildman–Crippen MR) is 108 cm³/mol. The summed E-state index contributed by atoms with van der Waals surface area (Å²) in [6, 6.07) is 17.8. The number of amides is 1. The normalized spacial score (nSPS) is 11.6. The number of carbonyl (C=O) groups is 1. The van der Waals surface area contributed by atoms with Crippen LogP contribution in [0.2, 0.25) is 0 Å². The van der Waals surface area contributed by atoms with Crippen molar-refractivity contribution in [2.24, 2.45) is 0 Å². The second-order valence-electron chi connectivity index (χ2n) is 6.49. The molecule has 0 saturated heterocycles. The van der Waals surface area contributed by atoms with Gasteiger partial charge in [-0.25, -0.2) is 9.97 Å². The lowest BCUT2D eigenvalue weighted by atomic mass is 10.1. The predicted octanol–water partition coefficient (Wildman–Crippen LogP) is 4.28. The lowest BCUT2D eigenvalue weighted by molar-refractivity contribution is 0.0939. The van der Waals surface area contributed by atoms with Gasteiger partial charge in [-0.2, -0.15) is 0 Å². The molecule has 1 amide bonds. The zero-order valence-electron chi connectivity index (χ0n) is 15.6. The Kier molecular flexibility index (Phi) is 6.15. The van der Waals surface area contributed by atoms with E-state index in [0.717, 1.165) is 17.5 Å². The first-order valence-electron chi connectivity index (χ1n) is 9.17. The second kappa shape index (κ2) is 8.94. The largest absolute Gasteiger partial charge is 0.350 e. The van der Waals surface area contributed by atoms with Crippen LogP contribution in [0.3, 0.4) is 0 Å². The van der Waals surface area contributed by atoms with E-state index >= 15 is 0 Å². The van der Waals surface area contributed by atoms with Crippen LogP contribution in [0.25, 0.3) is 11.1 Å². The van der Waals surface area contributed by atoms with Crippen LogP contribution >= 0.6 is 0 Å². The van der Waals surface area contributed by atoms with E-state index in [1.165, 1.54) is 5.56 Å². The van der Waals surface area contributed by atoms with Crippen molar-refractivity contribution in [3.63, 3.8) is 0 Å². The topological polar surface area (TPSA) is 66.9 Å². The van der Waals surface area contributed by atoms with Gasteiger partial charge in [0, 0.05) is 36.1 Å². The number of nitrogens with zero attached hydrogens (tertiary/aromatic N) is 2. The number of rotatable bonds is 7. The van der Waals surface area contributed by atoms with E-state index in [9.17, 15) is 4.79 Å². The van der Waals surface area contributed by atoms with Gasteiger partial charge < -0.3 is 10.6 Å². The Morgan fingerprint density at radius 3 is 2.26 bits per heavy atom.